The summed E-state index contributed by atoms with van der Waals surface area (Å²) in [6.45, 7) is 5.67. The quantitative estimate of drug-likeness (QED) is 0.772. The summed E-state index contributed by atoms with van der Waals surface area (Å²) in [5.74, 6) is -0.677. The molecule has 0 aromatic carbocycles. The van der Waals surface area contributed by atoms with E-state index in [1.165, 1.54) is 0 Å². The number of nitrogens with one attached hydrogen (secondary N) is 1. The zero-order valence-electron chi connectivity index (χ0n) is 10.2. The molecule has 0 spiro atoms. The summed E-state index contributed by atoms with van der Waals surface area (Å²) in [5, 5.41) is 12.0. The highest BCUT2D eigenvalue weighted by Gasteiger charge is 2.42. The van der Waals surface area contributed by atoms with Crippen LogP contribution in [-0.2, 0) is 9.59 Å². The molecule has 0 aromatic rings. The molecule has 1 aliphatic carbocycles. The van der Waals surface area contributed by atoms with E-state index in [1.807, 2.05) is 0 Å². The highest BCUT2D eigenvalue weighted by Crippen LogP contribution is 2.32. The molecule has 2 N–H and O–H groups in total. The standard InChI is InChI=1S/C12H21NO3/c1-8(2)10(14)13-12(11(15)16)6-4-9(3)5-7-12/h8-9H,4-7H2,1-3H3,(H,13,14)(H,15,16). The number of hydrogen-bond acceptors (Lipinski definition) is 2. The SMILES string of the molecule is CC1CCC(NC(=O)C(C)C)(C(=O)O)CC1. The van der Waals surface area contributed by atoms with Crippen LogP contribution in [0.5, 0.6) is 0 Å². The average molecular weight is 227 g/mol. The summed E-state index contributed by atoms with van der Waals surface area (Å²) in [6.07, 6.45) is 2.82. The van der Waals surface area contributed by atoms with E-state index in [4.69, 9.17) is 0 Å². The van der Waals surface area contributed by atoms with Crippen molar-refractivity contribution in [3.63, 3.8) is 0 Å². The molecule has 1 aliphatic rings. The Kier molecular flexibility index (Phi) is 3.94. The molecule has 0 aromatic heterocycles. The second-order valence-electron chi connectivity index (χ2n) is 5.21. The molecule has 0 saturated heterocycles. The van der Waals surface area contributed by atoms with Crippen molar-refractivity contribution in [3.8, 4) is 0 Å². The van der Waals surface area contributed by atoms with Crippen LogP contribution >= 0.6 is 0 Å². The van der Waals surface area contributed by atoms with Crippen molar-refractivity contribution < 1.29 is 14.7 Å². The van der Waals surface area contributed by atoms with E-state index < -0.39 is 11.5 Å². The summed E-state index contributed by atoms with van der Waals surface area (Å²) in [6, 6.07) is 0. The van der Waals surface area contributed by atoms with E-state index in [-0.39, 0.29) is 11.8 Å². The molecule has 4 heteroatoms. The van der Waals surface area contributed by atoms with Crippen molar-refractivity contribution in [2.75, 3.05) is 0 Å². The lowest BCUT2D eigenvalue weighted by Crippen LogP contribution is -2.57. The van der Waals surface area contributed by atoms with Crippen LogP contribution in [0.1, 0.15) is 46.5 Å². The number of hydrogen-bond donors (Lipinski definition) is 2. The first-order valence-electron chi connectivity index (χ1n) is 5.93. The first-order valence-corrected chi connectivity index (χ1v) is 5.93. The number of amides is 1. The van der Waals surface area contributed by atoms with Crippen LogP contribution in [0.15, 0.2) is 0 Å². The number of carbonyl (C=O) groups is 2. The molecule has 0 unspecified atom stereocenters. The maximum absolute atomic E-state index is 11.6. The smallest absolute Gasteiger partial charge is 0.329 e. The molecule has 1 amide bonds. The van der Waals surface area contributed by atoms with E-state index in [0.717, 1.165) is 12.8 Å². The first-order chi connectivity index (χ1) is 7.37. The van der Waals surface area contributed by atoms with Gasteiger partial charge in [-0.1, -0.05) is 20.8 Å². The third kappa shape index (κ3) is 2.74. The van der Waals surface area contributed by atoms with Gasteiger partial charge in [0.25, 0.3) is 0 Å². The molecule has 0 radical (unpaired) electrons. The third-order valence-corrected chi connectivity index (χ3v) is 3.42. The van der Waals surface area contributed by atoms with Gasteiger partial charge in [-0.3, -0.25) is 4.79 Å². The summed E-state index contributed by atoms with van der Waals surface area (Å²) in [4.78, 5) is 23.0. The zero-order chi connectivity index (χ0) is 12.3. The van der Waals surface area contributed by atoms with Crippen molar-refractivity contribution >= 4 is 11.9 Å². The fraction of sp³-hybridized carbons (Fsp3) is 0.833. The van der Waals surface area contributed by atoms with Crippen LogP contribution in [0.2, 0.25) is 0 Å². The molecule has 0 heterocycles. The number of aliphatic carboxylic acids is 1. The molecule has 4 nitrogen and oxygen atoms in total. The monoisotopic (exact) mass is 227 g/mol. The fourth-order valence-corrected chi connectivity index (χ4v) is 2.03. The lowest BCUT2D eigenvalue weighted by molar-refractivity contribution is -0.150. The highest BCUT2D eigenvalue weighted by molar-refractivity contribution is 5.87. The second-order valence-corrected chi connectivity index (χ2v) is 5.21. The Labute approximate surface area is 96.4 Å². The van der Waals surface area contributed by atoms with E-state index in [2.05, 4.69) is 12.2 Å². The van der Waals surface area contributed by atoms with Gasteiger partial charge in [0.1, 0.15) is 5.54 Å². The molecule has 1 fully saturated rings. The van der Waals surface area contributed by atoms with Crippen LogP contribution in [0.4, 0.5) is 0 Å². The summed E-state index contributed by atoms with van der Waals surface area (Å²) < 4.78 is 0. The Bertz CT molecular complexity index is 278. The van der Waals surface area contributed by atoms with E-state index in [1.54, 1.807) is 13.8 Å². The van der Waals surface area contributed by atoms with Gasteiger partial charge in [-0.15, -0.1) is 0 Å². The van der Waals surface area contributed by atoms with Gasteiger partial charge in [0.05, 0.1) is 0 Å². The average Bonchev–Trinajstić information content (AvgIpc) is 2.21. The number of carbonyl (C=O) groups excluding carboxylic acids is 1. The van der Waals surface area contributed by atoms with Crippen LogP contribution in [0.25, 0.3) is 0 Å². The Morgan fingerprint density at radius 2 is 1.81 bits per heavy atom. The van der Waals surface area contributed by atoms with Crippen LogP contribution < -0.4 is 5.32 Å². The van der Waals surface area contributed by atoms with Crippen LogP contribution in [-0.4, -0.2) is 22.5 Å². The van der Waals surface area contributed by atoms with Crippen molar-refractivity contribution in [2.24, 2.45) is 11.8 Å². The minimum atomic E-state index is -1.02. The Morgan fingerprint density at radius 1 is 1.31 bits per heavy atom. The normalized spacial score (nSPS) is 30.1. The Hall–Kier alpha value is -1.06. The Morgan fingerprint density at radius 3 is 2.19 bits per heavy atom. The van der Waals surface area contributed by atoms with Crippen molar-refractivity contribution in [2.45, 2.75) is 52.0 Å². The van der Waals surface area contributed by atoms with E-state index >= 15 is 0 Å². The number of rotatable bonds is 3. The van der Waals surface area contributed by atoms with Crippen molar-refractivity contribution in [3.05, 3.63) is 0 Å². The maximum atomic E-state index is 11.6. The summed E-state index contributed by atoms with van der Waals surface area (Å²) in [7, 11) is 0. The lowest BCUT2D eigenvalue weighted by atomic mass is 9.77. The van der Waals surface area contributed by atoms with Gasteiger partial charge in [-0.25, -0.2) is 4.79 Å². The largest absolute Gasteiger partial charge is 0.480 e. The molecule has 16 heavy (non-hydrogen) atoms. The molecular formula is C12H21NO3. The van der Waals surface area contributed by atoms with Gasteiger partial charge in [0.15, 0.2) is 0 Å². The molecule has 1 rings (SSSR count). The molecule has 0 aliphatic heterocycles. The maximum Gasteiger partial charge on any atom is 0.329 e. The molecule has 0 atom stereocenters. The van der Waals surface area contributed by atoms with E-state index in [9.17, 15) is 14.7 Å². The van der Waals surface area contributed by atoms with Gasteiger partial charge in [-0.05, 0) is 31.6 Å². The van der Waals surface area contributed by atoms with Gasteiger partial charge in [-0.2, -0.15) is 0 Å². The first kappa shape index (κ1) is 13.0. The number of carboxylic acid groups (broad SMARTS) is 1. The summed E-state index contributed by atoms with van der Waals surface area (Å²) >= 11 is 0. The van der Waals surface area contributed by atoms with Crippen LogP contribution in [0.3, 0.4) is 0 Å². The number of carboxylic acids is 1. The summed E-state index contributed by atoms with van der Waals surface area (Å²) in [5.41, 5.74) is -1.02. The predicted molar refractivity (Wildman–Crippen MR) is 61.0 cm³/mol. The topological polar surface area (TPSA) is 66.4 Å². The third-order valence-electron chi connectivity index (χ3n) is 3.42. The van der Waals surface area contributed by atoms with Gasteiger partial charge in [0.2, 0.25) is 5.91 Å². The molecule has 92 valence electrons. The van der Waals surface area contributed by atoms with Crippen molar-refractivity contribution in [1.82, 2.24) is 5.32 Å². The van der Waals surface area contributed by atoms with Crippen LogP contribution in [0, 0.1) is 11.8 Å². The highest BCUT2D eigenvalue weighted by atomic mass is 16.4. The Balaban J connectivity index is 2.74. The van der Waals surface area contributed by atoms with Gasteiger partial charge in [0, 0.05) is 5.92 Å². The minimum Gasteiger partial charge on any atom is -0.480 e. The van der Waals surface area contributed by atoms with E-state index in [0.29, 0.717) is 18.8 Å². The predicted octanol–water partition coefficient (Wildman–Crippen LogP) is 1.79. The van der Waals surface area contributed by atoms with Crippen molar-refractivity contribution in [1.29, 1.82) is 0 Å². The zero-order valence-corrected chi connectivity index (χ0v) is 10.2. The second kappa shape index (κ2) is 4.85. The molecule has 0 bridgehead atoms. The lowest BCUT2D eigenvalue weighted by Gasteiger charge is -2.36. The molecule has 1 saturated carbocycles. The minimum absolute atomic E-state index is 0.169. The fourth-order valence-electron chi connectivity index (χ4n) is 2.03. The molecular weight excluding hydrogens is 206 g/mol. The van der Waals surface area contributed by atoms with Gasteiger partial charge < -0.3 is 10.4 Å². The van der Waals surface area contributed by atoms with Gasteiger partial charge >= 0.3 is 5.97 Å².